The molecule has 0 bridgehead atoms. The summed E-state index contributed by atoms with van der Waals surface area (Å²) in [5.74, 6) is -0.422. The molecule has 14 heavy (non-hydrogen) atoms. The Kier molecular flexibility index (Phi) is 1.96. The van der Waals surface area contributed by atoms with E-state index in [2.05, 4.69) is 5.32 Å². The van der Waals surface area contributed by atoms with Crippen molar-refractivity contribution in [3.05, 3.63) is 29.3 Å². The maximum Gasteiger partial charge on any atom is 0.248 e. The summed E-state index contributed by atoms with van der Waals surface area (Å²) in [6.45, 7) is 0. The number of nitrogens with one attached hydrogen (secondary N) is 1. The molecule has 1 heterocycles. The lowest BCUT2D eigenvalue weighted by molar-refractivity contribution is -0.116. The van der Waals surface area contributed by atoms with Gasteiger partial charge in [0.2, 0.25) is 11.8 Å². The van der Waals surface area contributed by atoms with Crippen LogP contribution >= 0.6 is 0 Å². The zero-order valence-electron chi connectivity index (χ0n) is 7.54. The molecule has 1 aliphatic heterocycles. The molecule has 1 aromatic carbocycles. The molecule has 0 aromatic heterocycles. The standard InChI is InChI=1S/C10H10N2O2/c11-10(14)7-1-3-8-6(5-7)2-4-9(13)12-8/h1,3,5H,2,4H2,(H2,11,14)(H,12,13). The summed E-state index contributed by atoms with van der Waals surface area (Å²) in [5, 5.41) is 2.73. The van der Waals surface area contributed by atoms with Gasteiger partial charge in [-0.1, -0.05) is 0 Å². The van der Waals surface area contributed by atoms with Gasteiger partial charge in [-0.05, 0) is 30.2 Å². The zero-order chi connectivity index (χ0) is 10.1. The highest BCUT2D eigenvalue weighted by atomic mass is 16.2. The zero-order valence-corrected chi connectivity index (χ0v) is 7.54. The topological polar surface area (TPSA) is 72.2 Å². The first-order valence-electron chi connectivity index (χ1n) is 4.39. The van der Waals surface area contributed by atoms with Crippen LogP contribution in [0.3, 0.4) is 0 Å². The predicted molar refractivity (Wildman–Crippen MR) is 51.9 cm³/mol. The number of hydrogen-bond donors (Lipinski definition) is 2. The van der Waals surface area contributed by atoms with E-state index in [1.54, 1.807) is 18.2 Å². The van der Waals surface area contributed by atoms with E-state index in [0.717, 1.165) is 11.3 Å². The van der Waals surface area contributed by atoms with Gasteiger partial charge < -0.3 is 11.1 Å². The summed E-state index contributed by atoms with van der Waals surface area (Å²) in [4.78, 5) is 21.9. The second kappa shape index (κ2) is 3.14. The molecular formula is C10H10N2O2. The summed E-state index contributed by atoms with van der Waals surface area (Å²) in [6.07, 6.45) is 1.14. The molecule has 0 saturated heterocycles. The quantitative estimate of drug-likeness (QED) is 0.683. The average molecular weight is 190 g/mol. The number of benzene rings is 1. The Morgan fingerprint density at radius 1 is 1.36 bits per heavy atom. The molecule has 0 saturated carbocycles. The minimum atomic E-state index is -0.440. The van der Waals surface area contributed by atoms with Crippen molar-refractivity contribution in [1.29, 1.82) is 0 Å². The third-order valence-electron chi connectivity index (χ3n) is 2.29. The molecule has 0 aliphatic carbocycles. The Bertz CT molecular complexity index is 413. The molecule has 72 valence electrons. The maximum atomic E-state index is 11.0. The number of carbonyl (C=O) groups is 2. The van der Waals surface area contributed by atoms with E-state index in [1.807, 2.05) is 0 Å². The molecule has 4 nitrogen and oxygen atoms in total. The number of rotatable bonds is 1. The fraction of sp³-hybridized carbons (Fsp3) is 0.200. The van der Waals surface area contributed by atoms with Crippen molar-refractivity contribution in [2.24, 2.45) is 5.73 Å². The number of nitrogens with two attached hydrogens (primary N) is 1. The highest BCUT2D eigenvalue weighted by Gasteiger charge is 2.15. The van der Waals surface area contributed by atoms with Crippen molar-refractivity contribution in [2.45, 2.75) is 12.8 Å². The lowest BCUT2D eigenvalue weighted by Gasteiger charge is -2.16. The maximum absolute atomic E-state index is 11.0. The predicted octanol–water partition coefficient (Wildman–Crippen LogP) is 0.670. The first-order chi connectivity index (χ1) is 6.66. The number of carbonyl (C=O) groups excluding carboxylic acids is 2. The number of amides is 2. The van der Waals surface area contributed by atoms with E-state index in [9.17, 15) is 9.59 Å². The van der Waals surface area contributed by atoms with Crippen LogP contribution in [0.15, 0.2) is 18.2 Å². The van der Waals surface area contributed by atoms with E-state index in [4.69, 9.17) is 5.73 Å². The minimum absolute atomic E-state index is 0.0179. The van der Waals surface area contributed by atoms with Gasteiger partial charge in [0, 0.05) is 17.7 Å². The van der Waals surface area contributed by atoms with Crippen LogP contribution in [0.2, 0.25) is 0 Å². The normalized spacial score (nSPS) is 14.4. The molecule has 0 fully saturated rings. The first kappa shape index (κ1) is 8.74. The number of fused-ring (bicyclic) bond motifs is 1. The van der Waals surface area contributed by atoms with Gasteiger partial charge in [0.25, 0.3) is 0 Å². The largest absolute Gasteiger partial charge is 0.366 e. The fourth-order valence-corrected chi connectivity index (χ4v) is 1.54. The third kappa shape index (κ3) is 1.46. The lowest BCUT2D eigenvalue weighted by Crippen LogP contribution is -2.20. The molecule has 0 spiro atoms. The lowest BCUT2D eigenvalue weighted by atomic mass is 10.0. The molecule has 3 N–H and O–H groups in total. The molecule has 4 heteroatoms. The van der Waals surface area contributed by atoms with Gasteiger partial charge in [-0.3, -0.25) is 9.59 Å². The van der Waals surface area contributed by atoms with Crippen molar-refractivity contribution in [1.82, 2.24) is 0 Å². The van der Waals surface area contributed by atoms with E-state index in [0.29, 0.717) is 18.4 Å². The molecule has 0 radical (unpaired) electrons. The van der Waals surface area contributed by atoms with Crippen LogP contribution < -0.4 is 11.1 Å². The van der Waals surface area contributed by atoms with Crippen LogP contribution in [-0.4, -0.2) is 11.8 Å². The van der Waals surface area contributed by atoms with Gasteiger partial charge in [-0.25, -0.2) is 0 Å². The second-order valence-electron chi connectivity index (χ2n) is 3.28. The van der Waals surface area contributed by atoms with Crippen molar-refractivity contribution in [3.8, 4) is 0 Å². The molecule has 1 aromatic rings. The fourth-order valence-electron chi connectivity index (χ4n) is 1.54. The number of primary amides is 1. The minimum Gasteiger partial charge on any atom is -0.366 e. The molecular weight excluding hydrogens is 180 g/mol. The smallest absolute Gasteiger partial charge is 0.248 e. The Hall–Kier alpha value is -1.84. The average Bonchev–Trinajstić information content (AvgIpc) is 2.16. The van der Waals surface area contributed by atoms with Crippen molar-refractivity contribution < 1.29 is 9.59 Å². The third-order valence-corrected chi connectivity index (χ3v) is 2.29. The van der Waals surface area contributed by atoms with Crippen LogP contribution in [0.1, 0.15) is 22.3 Å². The summed E-state index contributed by atoms with van der Waals surface area (Å²) < 4.78 is 0. The molecule has 1 aliphatic rings. The Morgan fingerprint density at radius 2 is 2.14 bits per heavy atom. The number of aryl methyl sites for hydroxylation is 1. The van der Waals surface area contributed by atoms with Crippen molar-refractivity contribution in [2.75, 3.05) is 5.32 Å². The monoisotopic (exact) mass is 190 g/mol. The summed E-state index contributed by atoms with van der Waals surface area (Å²) in [7, 11) is 0. The SMILES string of the molecule is NC(=O)c1ccc2c(c1)CCC(=O)N2. The summed E-state index contributed by atoms with van der Waals surface area (Å²) >= 11 is 0. The van der Waals surface area contributed by atoms with E-state index >= 15 is 0 Å². The highest BCUT2D eigenvalue weighted by Crippen LogP contribution is 2.23. The van der Waals surface area contributed by atoms with Crippen LogP contribution in [0.5, 0.6) is 0 Å². The molecule has 2 amide bonds. The summed E-state index contributed by atoms with van der Waals surface area (Å²) in [6, 6.07) is 5.07. The van der Waals surface area contributed by atoms with Gasteiger partial charge in [0.1, 0.15) is 0 Å². The van der Waals surface area contributed by atoms with Gasteiger partial charge in [-0.15, -0.1) is 0 Å². The van der Waals surface area contributed by atoms with Crippen molar-refractivity contribution >= 4 is 17.5 Å². The Labute approximate surface area is 81.1 Å². The van der Waals surface area contributed by atoms with Crippen LogP contribution in [0.25, 0.3) is 0 Å². The van der Waals surface area contributed by atoms with Gasteiger partial charge in [0.15, 0.2) is 0 Å². The van der Waals surface area contributed by atoms with Crippen molar-refractivity contribution in [3.63, 3.8) is 0 Å². The van der Waals surface area contributed by atoms with E-state index < -0.39 is 5.91 Å². The van der Waals surface area contributed by atoms with Gasteiger partial charge in [-0.2, -0.15) is 0 Å². The van der Waals surface area contributed by atoms with Crippen LogP contribution in [-0.2, 0) is 11.2 Å². The first-order valence-corrected chi connectivity index (χ1v) is 4.39. The summed E-state index contributed by atoms with van der Waals surface area (Å²) in [5.41, 5.74) is 7.39. The Morgan fingerprint density at radius 3 is 2.86 bits per heavy atom. The second-order valence-corrected chi connectivity index (χ2v) is 3.28. The highest BCUT2D eigenvalue weighted by molar-refractivity contribution is 5.97. The van der Waals surface area contributed by atoms with Crippen LogP contribution in [0, 0.1) is 0 Å². The molecule has 0 unspecified atom stereocenters. The number of anilines is 1. The van der Waals surface area contributed by atoms with E-state index in [1.165, 1.54) is 0 Å². The molecule has 2 rings (SSSR count). The molecule has 0 atom stereocenters. The van der Waals surface area contributed by atoms with Crippen LogP contribution in [0.4, 0.5) is 5.69 Å². The van der Waals surface area contributed by atoms with E-state index in [-0.39, 0.29) is 5.91 Å². The number of hydrogen-bond acceptors (Lipinski definition) is 2. The van der Waals surface area contributed by atoms with Gasteiger partial charge in [0.05, 0.1) is 0 Å². The Balaban J connectivity index is 2.41. The van der Waals surface area contributed by atoms with Gasteiger partial charge >= 0.3 is 0 Å².